The Kier molecular flexibility index (Phi) is 6.33. The van der Waals surface area contributed by atoms with Crippen LogP contribution in [-0.4, -0.2) is 23.9 Å². The van der Waals surface area contributed by atoms with E-state index >= 15 is 0 Å². The van der Waals surface area contributed by atoms with Gasteiger partial charge in [-0.25, -0.2) is 4.98 Å². The highest BCUT2D eigenvalue weighted by Crippen LogP contribution is 2.37. The Morgan fingerprint density at radius 2 is 1.66 bits per heavy atom. The smallest absolute Gasteiger partial charge is 0.420 e. The van der Waals surface area contributed by atoms with Crippen molar-refractivity contribution >= 4 is 29.0 Å². The van der Waals surface area contributed by atoms with E-state index < -0.39 is 23.6 Å². The van der Waals surface area contributed by atoms with E-state index in [2.05, 4.69) is 15.6 Å². The number of nitrogens with two attached hydrogens (primary N) is 1. The van der Waals surface area contributed by atoms with Gasteiger partial charge in [0, 0.05) is 16.8 Å². The average Bonchev–Trinajstić information content (AvgIpc) is 2.75. The molecule has 0 bridgehead atoms. The lowest BCUT2D eigenvalue weighted by molar-refractivity contribution is -0.138. The van der Waals surface area contributed by atoms with Gasteiger partial charge in [0.05, 0.1) is 24.6 Å². The Morgan fingerprint density at radius 3 is 2.28 bits per heavy atom. The van der Waals surface area contributed by atoms with E-state index in [4.69, 9.17) is 10.5 Å². The quantitative estimate of drug-likeness (QED) is 0.537. The summed E-state index contributed by atoms with van der Waals surface area (Å²) in [5.41, 5.74) is 5.78. The zero-order valence-electron chi connectivity index (χ0n) is 17.1. The van der Waals surface area contributed by atoms with Crippen LogP contribution >= 0.6 is 0 Å². The van der Waals surface area contributed by atoms with Crippen LogP contribution in [0.3, 0.4) is 0 Å². The van der Waals surface area contributed by atoms with E-state index in [1.807, 2.05) is 0 Å². The fraction of sp³-hybridized carbons (Fsp3) is 0.136. The highest BCUT2D eigenvalue weighted by atomic mass is 19.4. The van der Waals surface area contributed by atoms with Gasteiger partial charge in [-0.05, 0) is 55.0 Å². The molecule has 0 aliphatic rings. The van der Waals surface area contributed by atoms with E-state index in [-0.39, 0.29) is 22.6 Å². The second kappa shape index (κ2) is 8.96. The molecule has 0 spiro atoms. The second-order valence-corrected chi connectivity index (χ2v) is 6.82. The Balaban J connectivity index is 1.82. The molecule has 10 heteroatoms. The first-order valence-corrected chi connectivity index (χ1v) is 9.28. The number of hydrogen-bond donors (Lipinski definition) is 3. The van der Waals surface area contributed by atoms with Crippen molar-refractivity contribution in [2.75, 3.05) is 23.5 Å². The van der Waals surface area contributed by atoms with Crippen molar-refractivity contribution in [3.63, 3.8) is 0 Å². The molecule has 4 N–H and O–H groups in total. The number of benzene rings is 2. The summed E-state index contributed by atoms with van der Waals surface area (Å²) in [5, 5.41) is 5.06. The topological polar surface area (TPSA) is 106 Å². The number of aryl methyl sites for hydroxylation is 1. The maximum Gasteiger partial charge on any atom is 0.420 e. The van der Waals surface area contributed by atoms with Gasteiger partial charge < -0.3 is 21.1 Å². The van der Waals surface area contributed by atoms with Crippen LogP contribution in [0.15, 0.2) is 54.7 Å². The van der Waals surface area contributed by atoms with E-state index in [9.17, 15) is 22.8 Å². The lowest BCUT2D eigenvalue weighted by Crippen LogP contribution is -2.17. The van der Waals surface area contributed by atoms with Crippen molar-refractivity contribution in [3.8, 4) is 5.75 Å². The van der Waals surface area contributed by atoms with Crippen LogP contribution in [0.4, 0.5) is 30.4 Å². The molecule has 0 fully saturated rings. The third-order valence-electron chi connectivity index (χ3n) is 4.55. The number of carbonyl (C=O) groups excluding carboxylic acids is 2. The van der Waals surface area contributed by atoms with Gasteiger partial charge in [0.2, 0.25) is 0 Å². The minimum Gasteiger partial charge on any atom is -0.496 e. The van der Waals surface area contributed by atoms with Crippen molar-refractivity contribution in [3.05, 3.63) is 77.0 Å². The molecule has 2 amide bonds. The molecule has 2 aromatic carbocycles. The van der Waals surface area contributed by atoms with Crippen molar-refractivity contribution in [1.82, 2.24) is 4.98 Å². The van der Waals surface area contributed by atoms with Gasteiger partial charge in [-0.2, -0.15) is 13.2 Å². The van der Waals surface area contributed by atoms with Crippen LogP contribution in [0.2, 0.25) is 0 Å². The van der Waals surface area contributed by atoms with Gasteiger partial charge in [-0.3, -0.25) is 9.59 Å². The number of amides is 2. The van der Waals surface area contributed by atoms with E-state index in [0.29, 0.717) is 17.1 Å². The van der Waals surface area contributed by atoms with Gasteiger partial charge in [-0.15, -0.1) is 0 Å². The van der Waals surface area contributed by atoms with Gasteiger partial charge in [0.25, 0.3) is 11.8 Å². The van der Waals surface area contributed by atoms with Crippen LogP contribution in [-0.2, 0) is 6.18 Å². The van der Waals surface area contributed by atoms with E-state index in [1.165, 1.54) is 30.5 Å². The fourth-order valence-electron chi connectivity index (χ4n) is 2.90. The number of rotatable bonds is 5. The first-order chi connectivity index (χ1) is 15.1. The molecule has 1 aromatic heterocycles. The van der Waals surface area contributed by atoms with Crippen LogP contribution < -0.4 is 21.1 Å². The number of methoxy groups -OCH3 is 1. The highest BCUT2D eigenvalue weighted by Gasteiger charge is 2.34. The van der Waals surface area contributed by atoms with Crippen molar-refractivity contribution in [1.29, 1.82) is 0 Å². The molecule has 7 nitrogen and oxygen atoms in total. The van der Waals surface area contributed by atoms with Crippen LogP contribution in [0.25, 0.3) is 0 Å². The standard InChI is InChI=1S/C22H19F3N4O3/c1-12-3-4-13(9-16(12)21(31)29-15-6-8-19(26)27-11-15)20(30)28-14-5-7-18(32-2)17(10-14)22(23,24)25/h3-11H,1-2H3,(H2,26,27)(H,28,30)(H,29,31). The first kappa shape index (κ1) is 22.6. The number of nitrogens with zero attached hydrogens (tertiary/aromatic N) is 1. The summed E-state index contributed by atoms with van der Waals surface area (Å²) in [6.45, 7) is 1.69. The highest BCUT2D eigenvalue weighted by molar-refractivity contribution is 6.09. The Labute approximate surface area is 181 Å². The summed E-state index contributed by atoms with van der Waals surface area (Å²) < 4.78 is 44.4. The number of ether oxygens (including phenoxy) is 1. The molecule has 3 rings (SSSR count). The van der Waals surface area contributed by atoms with Gasteiger partial charge in [0.1, 0.15) is 11.6 Å². The molecule has 32 heavy (non-hydrogen) atoms. The fourth-order valence-corrected chi connectivity index (χ4v) is 2.90. The second-order valence-electron chi connectivity index (χ2n) is 6.82. The van der Waals surface area contributed by atoms with Crippen LogP contribution in [0, 0.1) is 6.92 Å². The SMILES string of the molecule is COc1ccc(NC(=O)c2ccc(C)c(C(=O)Nc3ccc(N)nc3)c2)cc1C(F)(F)F. The van der Waals surface area contributed by atoms with Gasteiger partial charge in [-0.1, -0.05) is 6.07 Å². The summed E-state index contributed by atoms with van der Waals surface area (Å²) in [6, 6.07) is 10.7. The number of aromatic nitrogens is 1. The van der Waals surface area contributed by atoms with Gasteiger partial charge in [0.15, 0.2) is 0 Å². The number of nitrogens with one attached hydrogen (secondary N) is 2. The first-order valence-electron chi connectivity index (χ1n) is 9.28. The van der Waals surface area contributed by atoms with E-state index in [0.717, 1.165) is 19.2 Å². The molecule has 0 unspecified atom stereocenters. The minimum absolute atomic E-state index is 0.0670. The molecule has 0 aliphatic carbocycles. The lowest BCUT2D eigenvalue weighted by Gasteiger charge is -2.14. The zero-order valence-corrected chi connectivity index (χ0v) is 17.1. The summed E-state index contributed by atoms with van der Waals surface area (Å²) >= 11 is 0. The van der Waals surface area contributed by atoms with E-state index in [1.54, 1.807) is 19.1 Å². The maximum atomic E-state index is 13.2. The molecule has 0 saturated heterocycles. The number of alkyl halides is 3. The molecule has 3 aromatic rings. The Morgan fingerprint density at radius 1 is 0.969 bits per heavy atom. The molecule has 0 atom stereocenters. The Bertz CT molecular complexity index is 1160. The van der Waals surface area contributed by atoms with Crippen molar-refractivity contribution in [2.24, 2.45) is 0 Å². The Hall–Kier alpha value is -4.08. The third kappa shape index (κ3) is 5.15. The molecule has 166 valence electrons. The van der Waals surface area contributed by atoms with Gasteiger partial charge >= 0.3 is 6.18 Å². The molecule has 0 aliphatic heterocycles. The number of hydrogen-bond acceptors (Lipinski definition) is 5. The molecule has 0 saturated carbocycles. The summed E-state index contributed by atoms with van der Waals surface area (Å²) in [6.07, 6.45) is -3.26. The summed E-state index contributed by atoms with van der Waals surface area (Å²) in [7, 11) is 1.13. The normalized spacial score (nSPS) is 11.0. The molecular formula is C22H19F3N4O3. The lowest BCUT2D eigenvalue weighted by atomic mass is 10.0. The maximum absolute atomic E-state index is 13.2. The average molecular weight is 444 g/mol. The molecule has 1 heterocycles. The largest absolute Gasteiger partial charge is 0.496 e. The summed E-state index contributed by atoms with van der Waals surface area (Å²) in [4.78, 5) is 29.2. The number of pyridine rings is 1. The number of anilines is 3. The number of nitrogen functional groups attached to an aromatic ring is 1. The van der Waals surface area contributed by atoms with Crippen LogP contribution in [0.1, 0.15) is 31.8 Å². The predicted molar refractivity (Wildman–Crippen MR) is 114 cm³/mol. The van der Waals surface area contributed by atoms with Crippen LogP contribution in [0.5, 0.6) is 5.75 Å². The number of carbonyl (C=O) groups is 2. The zero-order chi connectivity index (χ0) is 23.5. The summed E-state index contributed by atoms with van der Waals surface area (Å²) in [5.74, 6) is -1.22. The third-order valence-corrected chi connectivity index (χ3v) is 4.55. The van der Waals surface area contributed by atoms with Crippen molar-refractivity contribution < 1.29 is 27.5 Å². The number of halogens is 3. The molecule has 0 radical (unpaired) electrons. The van der Waals surface area contributed by atoms with Crippen molar-refractivity contribution in [2.45, 2.75) is 13.1 Å². The predicted octanol–water partition coefficient (Wildman–Crippen LogP) is 4.50. The minimum atomic E-state index is -4.65. The monoisotopic (exact) mass is 444 g/mol. The molecular weight excluding hydrogens is 425 g/mol.